The van der Waals surface area contributed by atoms with Crippen molar-refractivity contribution < 1.29 is 4.79 Å². The Bertz CT molecular complexity index is 1070. The number of amides is 1. The van der Waals surface area contributed by atoms with Gasteiger partial charge >= 0.3 is 0 Å². The summed E-state index contributed by atoms with van der Waals surface area (Å²) in [5.74, 6) is 1.04. The standard InChI is InChI=1S/C25H28ClN5OS/c1-19-7-5-6-10-21(19)30-13-15-31(16-14-30)23-17-22(26)28-25(29-23)33-18-24(32)27-12-11-20-8-3-2-4-9-20/h2-10,17H,11-16,18H2,1H3,(H,27,32). The molecule has 1 aromatic heterocycles. The highest BCUT2D eigenvalue weighted by atomic mass is 35.5. The normalized spacial score (nSPS) is 13.8. The van der Waals surface area contributed by atoms with Gasteiger partial charge in [0.2, 0.25) is 5.91 Å². The first-order valence-electron chi connectivity index (χ1n) is 11.1. The van der Waals surface area contributed by atoms with E-state index >= 15 is 0 Å². The van der Waals surface area contributed by atoms with Crippen LogP contribution in [0.2, 0.25) is 5.15 Å². The smallest absolute Gasteiger partial charge is 0.230 e. The van der Waals surface area contributed by atoms with Crippen LogP contribution >= 0.6 is 23.4 Å². The quantitative estimate of drug-likeness (QED) is 0.295. The number of nitrogens with zero attached hydrogens (tertiary/aromatic N) is 4. The summed E-state index contributed by atoms with van der Waals surface area (Å²) in [6.07, 6.45) is 0.809. The average Bonchev–Trinajstić information content (AvgIpc) is 2.84. The third-order valence-electron chi connectivity index (χ3n) is 5.63. The topological polar surface area (TPSA) is 61.4 Å². The lowest BCUT2D eigenvalue weighted by Crippen LogP contribution is -2.47. The van der Waals surface area contributed by atoms with Gasteiger partial charge < -0.3 is 15.1 Å². The predicted molar refractivity (Wildman–Crippen MR) is 137 cm³/mol. The molecule has 0 unspecified atom stereocenters. The number of benzene rings is 2. The minimum atomic E-state index is -0.0344. The molecule has 0 atom stereocenters. The van der Waals surface area contributed by atoms with Crippen LogP contribution in [-0.4, -0.2) is 54.4 Å². The van der Waals surface area contributed by atoms with E-state index in [4.69, 9.17) is 11.6 Å². The van der Waals surface area contributed by atoms with Gasteiger partial charge in [-0.2, -0.15) is 0 Å². The predicted octanol–water partition coefficient (Wildman–Crippen LogP) is 4.22. The Labute approximate surface area is 204 Å². The van der Waals surface area contributed by atoms with Gasteiger partial charge in [-0.25, -0.2) is 9.97 Å². The maximum atomic E-state index is 12.2. The SMILES string of the molecule is Cc1ccccc1N1CCN(c2cc(Cl)nc(SCC(=O)NCCc3ccccc3)n2)CC1. The van der Waals surface area contributed by atoms with E-state index in [0.717, 1.165) is 38.4 Å². The van der Waals surface area contributed by atoms with Crippen molar-refractivity contribution in [3.63, 3.8) is 0 Å². The van der Waals surface area contributed by atoms with Crippen molar-refractivity contribution >= 4 is 40.8 Å². The molecule has 172 valence electrons. The van der Waals surface area contributed by atoms with E-state index in [1.807, 2.05) is 18.2 Å². The highest BCUT2D eigenvalue weighted by Crippen LogP contribution is 2.25. The molecule has 33 heavy (non-hydrogen) atoms. The number of para-hydroxylation sites is 1. The molecular formula is C25H28ClN5OS. The summed E-state index contributed by atoms with van der Waals surface area (Å²) in [5.41, 5.74) is 3.78. The van der Waals surface area contributed by atoms with Crippen LogP contribution < -0.4 is 15.1 Å². The van der Waals surface area contributed by atoms with Gasteiger partial charge in [0.05, 0.1) is 5.75 Å². The molecule has 0 spiro atoms. The van der Waals surface area contributed by atoms with Crippen LogP contribution in [-0.2, 0) is 11.2 Å². The lowest BCUT2D eigenvalue weighted by Gasteiger charge is -2.37. The Balaban J connectivity index is 1.28. The number of nitrogens with one attached hydrogen (secondary N) is 1. The van der Waals surface area contributed by atoms with Crippen molar-refractivity contribution in [3.05, 3.63) is 76.9 Å². The number of thioether (sulfide) groups is 1. The summed E-state index contributed by atoms with van der Waals surface area (Å²) in [5, 5.41) is 3.88. The number of rotatable bonds is 8. The van der Waals surface area contributed by atoms with Gasteiger partial charge in [-0.3, -0.25) is 4.79 Å². The Kier molecular flexibility index (Phi) is 8.07. The monoisotopic (exact) mass is 481 g/mol. The first kappa shape index (κ1) is 23.4. The molecule has 1 aliphatic heterocycles. The van der Waals surface area contributed by atoms with E-state index < -0.39 is 0 Å². The minimum absolute atomic E-state index is 0.0344. The van der Waals surface area contributed by atoms with Gasteiger partial charge in [0, 0.05) is 44.5 Å². The van der Waals surface area contributed by atoms with Crippen LogP contribution in [0.3, 0.4) is 0 Å². The lowest BCUT2D eigenvalue weighted by molar-refractivity contribution is -0.118. The maximum absolute atomic E-state index is 12.2. The fourth-order valence-corrected chi connectivity index (χ4v) is 4.79. The van der Waals surface area contributed by atoms with Crippen molar-refractivity contribution in [1.82, 2.24) is 15.3 Å². The molecule has 1 saturated heterocycles. The molecule has 4 rings (SSSR count). The van der Waals surface area contributed by atoms with Crippen LogP contribution in [0.25, 0.3) is 0 Å². The Hall–Kier alpha value is -2.77. The fraction of sp³-hybridized carbons (Fsp3) is 0.320. The number of piperazine rings is 1. The second-order valence-electron chi connectivity index (χ2n) is 7.97. The number of carbonyl (C=O) groups is 1. The van der Waals surface area contributed by atoms with Gasteiger partial charge in [0.1, 0.15) is 11.0 Å². The second kappa shape index (κ2) is 11.4. The molecule has 2 heterocycles. The van der Waals surface area contributed by atoms with Crippen molar-refractivity contribution in [2.24, 2.45) is 0 Å². The number of halogens is 1. The average molecular weight is 482 g/mol. The summed E-state index contributed by atoms with van der Waals surface area (Å²) >= 11 is 7.59. The second-order valence-corrected chi connectivity index (χ2v) is 9.30. The molecule has 6 nitrogen and oxygen atoms in total. The number of carbonyl (C=O) groups excluding carboxylic acids is 1. The lowest BCUT2D eigenvalue weighted by atomic mass is 10.1. The van der Waals surface area contributed by atoms with E-state index in [2.05, 4.69) is 68.4 Å². The van der Waals surface area contributed by atoms with E-state index in [1.165, 1.54) is 28.6 Å². The number of aryl methyl sites for hydroxylation is 1. The largest absolute Gasteiger partial charge is 0.368 e. The zero-order valence-electron chi connectivity index (χ0n) is 18.7. The minimum Gasteiger partial charge on any atom is -0.368 e. The molecule has 1 fully saturated rings. The van der Waals surface area contributed by atoms with Crippen molar-refractivity contribution in [2.75, 3.05) is 48.3 Å². The van der Waals surface area contributed by atoms with Crippen LogP contribution in [0.15, 0.2) is 65.8 Å². The molecule has 0 bridgehead atoms. The summed E-state index contributed by atoms with van der Waals surface area (Å²) < 4.78 is 0. The fourth-order valence-electron chi connectivity index (χ4n) is 3.88. The molecule has 8 heteroatoms. The van der Waals surface area contributed by atoms with E-state index in [0.29, 0.717) is 16.9 Å². The van der Waals surface area contributed by atoms with E-state index in [1.54, 1.807) is 6.07 Å². The van der Waals surface area contributed by atoms with Crippen LogP contribution in [0, 0.1) is 6.92 Å². The van der Waals surface area contributed by atoms with Crippen molar-refractivity contribution in [1.29, 1.82) is 0 Å². The Morgan fingerprint density at radius 2 is 1.70 bits per heavy atom. The molecule has 3 aromatic rings. The molecule has 0 radical (unpaired) electrons. The van der Waals surface area contributed by atoms with Crippen molar-refractivity contribution in [2.45, 2.75) is 18.5 Å². The maximum Gasteiger partial charge on any atom is 0.230 e. The van der Waals surface area contributed by atoms with Gasteiger partial charge in [0.25, 0.3) is 0 Å². The summed E-state index contributed by atoms with van der Waals surface area (Å²) in [4.78, 5) is 25.8. The first-order chi connectivity index (χ1) is 16.1. The third kappa shape index (κ3) is 6.62. The van der Waals surface area contributed by atoms with Crippen LogP contribution in [0.5, 0.6) is 0 Å². The molecule has 1 amide bonds. The van der Waals surface area contributed by atoms with Crippen molar-refractivity contribution in [3.8, 4) is 0 Å². The number of hydrogen-bond acceptors (Lipinski definition) is 6. The Morgan fingerprint density at radius 1 is 1.00 bits per heavy atom. The zero-order valence-corrected chi connectivity index (χ0v) is 20.3. The molecule has 2 aromatic carbocycles. The van der Waals surface area contributed by atoms with Crippen LogP contribution in [0.1, 0.15) is 11.1 Å². The first-order valence-corrected chi connectivity index (χ1v) is 12.5. The molecule has 0 aliphatic carbocycles. The number of hydrogen-bond donors (Lipinski definition) is 1. The summed E-state index contributed by atoms with van der Waals surface area (Å²) in [7, 11) is 0. The van der Waals surface area contributed by atoms with Gasteiger partial charge in [-0.15, -0.1) is 0 Å². The van der Waals surface area contributed by atoms with E-state index in [9.17, 15) is 4.79 Å². The Morgan fingerprint density at radius 3 is 2.45 bits per heavy atom. The number of anilines is 2. The van der Waals surface area contributed by atoms with Gasteiger partial charge in [-0.05, 0) is 30.5 Å². The van der Waals surface area contributed by atoms with E-state index in [-0.39, 0.29) is 11.7 Å². The highest BCUT2D eigenvalue weighted by Gasteiger charge is 2.20. The summed E-state index contributed by atoms with van der Waals surface area (Å²) in [6.45, 7) is 6.29. The number of aromatic nitrogens is 2. The summed E-state index contributed by atoms with van der Waals surface area (Å²) in [6, 6.07) is 20.4. The third-order valence-corrected chi connectivity index (χ3v) is 6.67. The van der Waals surface area contributed by atoms with Crippen LogP contribution in [0.4, 0.5) is 11.5 Å². The van der Waals surface area contributed by atoms with Gasteiger partial charge in [0.15, 0.2) is 5.16 Å². The molecule has 1 N–H and O–H groups in total. The molecule has 1 aliphatic rings. The highest BCUT2D eigenvalue weighted by molar-refractivity contribution is 7.99. The van der Waals surface area contributed by atoms with Gasteiger partial charge in [-0.1, -0.05) is 71.9 Å². The zero-order chi connectivity index (χ0) is 23.0. The molecular weight excluding hydrogens is 454 g/mol. The molecule has 0 saturated carbocycles.